The molecule has 1 aromatic heterocycles. The van der Waals surface area contributed by atoms with Crippen molar-refractivity contribution in [3.05, 3.63) is 28.2 Å². The Morgan fingerprint density at radius 3 is 3.00 bits per heavy atom. The van der Waals surface area contributed by atoms with Gasteiger partial charge < -0.3 is 10.2 Å². The lowest BCUT2D eigenvalue weighted by Crippen LogP contribution is -1.92. The number of anilines is 1. The molecule has 0 saturated heterocycles. The first-order chi connectivity index (χ1) is 6.20. The van der Waals surface area contributed by atoms with Gasteiger partial charge in [0.2, 0.25) is 0 Å². The van der Waals surface area contributed by atoms with E-state index < -0.39 is 5.76 Å². The summed E-state index contributed by atoms with van der Waals surface area (Å²) in [4.78, 5) is 13.4. The van der Waals surface area contributed by atoms with Crippen molar-refractivity contribution < 1.29 is 4.42 Å². The molecule has 0 radical (unpaired) electrons. The number of aryl methyl sites for hydroxylation is 1. The number of hydrogen-bond acceptors (Lipinski definition) is 3. The number of benzene rings is 1. The maximum atomic E-state index is 10.9. The third kappa shape index (κ3) is 1.20. The van der Waals surface area contributed by atoms with E-state index in [4.69, 9.17) is 10.2 Å². The molecule has 68 valence electrons. The van der Waals surface area contributed by atoms with Crippen LogP contribution >= 0.6 is 0 Å². The summed E-state index contributed by atoms with van der Waals surface area (Å²) in [5, 5.41) is 0. The van der Waals surface area contributed by atoms with Crippen LogP contribution in [0.5, 0.6) is 0 Å². The lowest BCUT2D eigenvalue weighted by Gasteiger charge is -1.98. The molecule has 0 fully saturated rings. The van der Waals surface area contributed by atoms with Gasteiger partial charge in [-0.3, -0.25) is 4.98 Å². The number of nitrogen functional groups attached to an aromatic ring is 1. The average Bonchev–Trinajstić information content (AvgIpc) is 2.46. The molecule has 0 amide bonds. The average molecular weight is 178 g/mol. The molecule has 4 heteroatoms. The van der Waals surface area contributed by atoms with E-state index in [1.807, 2.05) is 19.1 Å². The van der Waals surface area contributed by atoms with Crippen molar-refractivity contribution in [2.24, 2.45) is 0 Å². The molecule has 2 aromatic rings. The zero-order chi connectivity index (χ0) is 9.42. The van der Waals surface area contributed by atoms with Gasteiger partial charge in [-0.25, -0.2) is 4.79 Å². The first-order valence-corrected chi connectivity index (χ1v) is 4.12. The summed E-state index contributed by atoms with van der Waals surface area (Å²) in [6, 6.07) is 3.69. The maximum absolute atomic E-state index is 10.9. The number of rotatable bonds is 1. The molecule has 0 aliphatic carbocycles. The molecular weight excluding hydrogens is 168 g/mol. The fourth-order valence-corrected chi connectivity index (χ4v) is 1.35. The van der Waals surface area contributed by atoms with E-state index in [1.54, 1.807) is 0 Å². The number of aromatic amines is 1. The van der Waals surface area contributed by atoms with Crippen LogP contribution in [-0.4, -0.2) is 4.98 Å². The van der Waals surface area contributed by atoms with Crippen molar-refractivity contribution in [1.82, 2.24) is 4.98 Å². The Labute approximate surface area is 74.4 Å². The van der Waals surface area contributed by atoms with Crippen LogP contribution in [-0.2, 0) is 6.42 Å². The molecule has 0 aliphatic rings. The van der Waals surface area contributed by atoms with E-state index in [0.29, 0.717) is 16.8 Å². The van der Waals surface area contributed by atoms with E-state index in [9.17, 15) is 4.79 Å². The van der Waals surface area contributed by atoms with Crippen LogP contribution in [0.3, 0.4) is 0 Å². The topological polar surface area (TPSA) is 72.0 Å². The Bertz CT molecular complexity index is 496. The van der Waals surface area contributed by atoms with Gasteiger partial charge in [0.1, 0.15) is 0 Å². The van der Waals surface area contributed by atoms with Crippen molar-refractivity contribution in [2.75, 3.05) is 5.73 Å². The number of hydrogen-bond donors (Lipinski definition) is 2. The molecule has 0 aliphatic heterocycles. The van der Waals surface area contributed by atoms with Gasteiger partial charge in [-0.1, -0.05) is 6.92 Å². The van der Waals surface area contributed by atoms with Crippen molar-refractivity contribution in [3.63, 3.8) is 0 Å². The normalized spacial score (nSPS) is 10.8. The minimum absolute atomic E-state index is 0.446. The van der Waals surface area contributed by atoms with Crippen LogP contribution in [0, 0.1) is 0 Å². The van der Waals surface area contributed by atoms with Crippen molar-refractivity contribution in [2.45, 2.75) is 13.3 Å². The lowest BCUT2D eigenvalue weighted by molar-refractivity contribution is 0.556. The highest BCUT2D eigenvalue weighted by atomic mass is 16.4. The molecule has 1 heterocycles. The Hall–Kier alpha value is -1.71. The van der Waals surface area contributed by atoms with E-state index in [2.05, 4.69) is 4.98 Å². The van der Waals surface area contributed by atoms with Crippen LogP contribution in [0.15, 0.2) is 21.3 Å². The summed E-state index contributed by atoms with van der Waals surface area (Å²) >= 11 is 0. The second-order valence-electron chi connectivity index (χ2n) is 2.93. The Kier molecular flexibility index (Phi) is 1.62. The largest absolute Gasteiger partial charge is 0.417 e. The van der Waals surface area contributed by atoms with Gasteiger partial charge in [0, 0.05) is 0 Å². The number of nitrogens with two attached hydrogens (primary N) is 1. The summed E-state index contributed by atoms with van der Waals surface area (Å²) in [6.07, 6.45) is 0.882. The van der Waals surface area contributed by atoms with Crippen LogP contribution in [0.25, 0.3) is 11.1 Å². The Morgan fingerprint density at radius 1 is 1.54 bits per heavy atom. The van der Waals surface area contributed by atoms with Gasteiger partial charge in [0.25, 0.3) is 0 Å². The molecular formula is C9H10N2O2. The second-order valence-corrected chi connectivity index (χ2v) is 2.93. The first-order valence-electron chi connectivity index (χ1n) is 4.12. The van der Waals surface area contributed by atoms with Gasteiger partial charge in [-0.2, -0.15) is 0 Å². The number of nitrogens with one attached hydrogen (secondary N) is 1. The molecule has 0 atom stereocenters. The molecule has 0 unspecified atom stereocenters. The molecule has 1 aromatic carbocycles. The number of fused-ring (bicyclic) bond motifs is 1. The SMILES string of the molecule is CCc1cc(N)c2oc(=O)[nH]c2c1. The zero-order valence-electron chi connectivity index (χ0n) is 7.26. The highest BCUT2D eigenvalue weighted by molar-refractivity contribution is 5.85. The Morgan fingerprint density at radius 2 is 2.31 bits per heavy atom. The predicted octanol–water partition coefficient (Wildman–Crippen LogP) is 1.27. The van der Waals surface area contributed by atoms with Crippen molar-refractivity contribution >= 4 is 16.8 Å². The summed E-state index contributed by atoms with van der Waals surface area (Å²) in [5.74, 6) is -0.463. The molecule has 3 N–H and O–H groups in total. The fourth-order valence-electron chi connectivity index (χ4n) is 1.35. The minimum Gasteiger partial charge on any atom is -0.406 e. The third-order valence-electron chi connectivity index (χ3n) is 2.02. The van der Waals surface area contributed by atoms with Gasteiger partial charge in [-0.15, -0.1) is 0 Å². The smallest absolute Gasteiger partial charge is 0.406 e. The fraction of sp³-hybridized carbons (Fsp3) is 0.222. The zero-order valence-corrected chi connectivity index (χ0v) is 7.26. The van der Waals surface area contributed by atoms with Gasteiger partial charge in [-0.05, 0) is 24.1 Å². The van der Waals surface area contributed by atoms with Gasteiger partial charge >= 0.3 is 5.76 Å². The van der Waals surface area contributed by atoms with Crippen molar-refractivity contribution in [1.29, 1.82) is 0 Å². The highest BCUT2D eigenvalue weighted by Crippen LogP contribution is 2.20. The molecule has 0 saturated carbocycles. The summed E-state index contributed by atoms with van der Waals surface area (Å²) in [7, 11) is 0. The van der Waals surface area contributed by atoms with E-state index in [-0.39, 0.29) is 0 Å². The number of aromatic nitrogens is 1. The van der Waals surface area contributed by atoms with Crippen LogP contribution in [0.1, 0.15) is 12.5 Å². The summed E-state index contributed by atoms with van der Waals surface area (Å²) in [6.45, 7) is 2.03. The van der Waals surface area contributed by atoms with Crippen LogP contribution in [0.4, 0.5) is 5.69 Å². The second kappa shape index (κ2) is 2.65. The summed E-state index contributed by atoms with van der Waals surface area (Å²) < 4.78 is 4.86. The monoisotopic (exact) mass is 178 g/mol. The minimum atomic E-state index is -0.463. The first kappa shape index (κ1) is 7.91. The standard InChI is InChI=1S/C9H10N2O2/c1-2-5-3-6(10)8-7(4-5)11-9(12)13-8/h3-4H,2,10H2,1H3,(H,11,12). The third-order valence-corrected chi connectivity index (χ3v) is 2.02. The van der Waals surface area contributed by atoms with Gasteiger partial charge in [0.15, 0.2) is 5.58 Å². The Balaban J connectivity index is 2.83. The molecule has 2 rings (SSSR count). The quantitative estimate of drug-likeness (QED) is 0.646. The predicted molar refractivity (Wildman–Crippen MR) is 50.6 cm³/mol. The summed E-state index contributed by atoms with van der Waals surface area (Å²) in [5.41, 5.74) is 8.40. The number of H-pyrrole nitrogens is 1. The highest BCUT2D eigenvalue weighted by Gasteiger charge is 2.05. The van der Waals surface area contributed by atoms with Gasteiger partial charge in [0.05, 0.1) is 11.2 Å². The van der Waals surface area contributed by atoms with Crippen LogP contribution in [0.2, 0.25) is 0 Å². The van der Waals surface area contributed by atoms with E-state index in [1.165, 1.54) is 0 Å². The molecule has 0 spiro atoms. The number of oxazole rings is 1. The maximum Gasteiger partial charge on any atom is 0.417 e. The molecule has 0 bridgehead atoms. The molecule has 13 heavy (non-hydrogen) atoms. The van der Waals surface area contributed by atoms with E-state index >= 15 is 0 Å². The van der Waals surface area contributed by atoms with E-state index in [0.717, 1.165) is 12.0 Å². The van der Waals surface area contributed by atoms with Crippen LogP contribution < -0.4 is 11.5 Å². The van der Waals surface area contributed by atoms with Crippen molar-refractivity contribution in [3.8, 4) is 0 Å². The lowest BCUT2D eigenvalue weighted by atomic mass is 10.1. The molecule has 4 nitrogen and oxygen atoms in total.